The highest BCUT2D eigenvalue weighted by atomic mass is 35.5. The summed E-state index contributed by atoms with van der Waals surface area (Å²) in [5.41, 5.74) is 33.6. The predicted molar refractivity (Wildman–Crippen MR) is 564 cm³/mol. The van der Waals surface area contributed by atoms with Crippen molar-refractivity contribution in [1.82, 2.24) is 0 Å². The first kappa shape index (κ1) is 96.0. The first-order valence-corrected chi connectivity index (χ1v) is 51.8. The Hall–Kier alpha value is -9.56. The lowest BCUT2D eigenvalue weighted by molar-refractivity contribution is 0.556. The molecule has 0 heterocycles. The third-order valence-corrected chi connectivity index (χ3v) is 27.7. The first-order chi connectivity index (χ1) is 63.3. The van der Waals surface area contributed by atoms with Gasteiger partial charge in [0.1, 0.15) is 0 Å². The van der Waals surface area contributed by atoms with E-state index in [9.17, 15) is 0 Å². The molecule has 0 spiro atoms. The summed E-state index contributed by atoms with van der Waals surface area (Å²) in [7, 11) is 0. The average molecular weight is 1730 g/mol. The smallest absolute Gasteiger partial charge is 0.0412 e. The third-order valence-electron chi connectivity index (χ3n) is 27.2. The van der Waals surface area contributed by atoms with Gasteiger partial charge in [-0.2, -0.15) is 0 Å². The van der Waals surface area contributed by atoms with Crippen LogP contribution in [0.1, 0.15) is 307 Å². The number of aryl methyl sites for hydroxylation is 4. The second kappa shape index (κ2) is 53.5. The zero-order chi connectivity index (χ0) is 88.4. The van der Waals surface area contributed by atoms with E-state index in [1.54, 1.807) is 0 Å². The molecule has 0 aliphatic heterocycles. The zero-order valence-electron chi connectivity index (χ0n) is 78.6. The van der Waals surface area contributed by atoms with Gasteiger partial charge < -0.3 is 0 Å². The molecule has 0 aromatic heterocycles. The molecule has 13 aromatic rings. The fourth-order valence-corrected chi connectivity index (χ4v) is 20.2. The number of rotatable bonds is 56. The van der Waals surface area contributed by atoms with Crippen LogP contribution in [0.15, 0.2) is 291 Å². The van der Waals surface area contributed by atoms with E-state index in [0.29, 0.717) is 10.0 Å². The molecule has 0 unspecified atom stereocenters. The van der Waals surface area contributed by atoms with E-state index in [1.165, 1.54) is 357 Å². The minimum absolute atomic E-state index is 0.692. The number of unbranched alkanes of at least 4 members (excludes halogenated alkanes) is 36. The van der Waals surface area contributed by atoms with E-state index in [0.717, 1.165) is 81.3 Å². The summed E-state index contributed by atoms with van der Waals surface area (Å²) in [6.07, 6.45) is 57.7. The minimum Gasteiger partial charge on any atom is -0.0843 e. The van der Waals surface area contributed by atoms with Crippen molar-refractivity contribution in [3.63, 3.8) is 0 Å². The fourth-order valence-electron chi connectivity index (χ4n) is 19.9. The van der Waals surface area contributed by atoms with E-state index >= 15 is 0 Å². The topological polar surface area (TPSA) is 0 Å². The van der Waals surface area contributed by atoms with Gasteiger partial charge in [-0.15, -0.1) is 0 Å². The van der Waals surface area contributed by atoms with Crippen LogP contribution in [0, 0.1) is 0 Å². The molecule has 128 heavy (non-hydrogen) atoms. The van der Waals surface area contributed by atoms with Crippen molar-refractivity contribution in [2.24, 2.45) is 0 Å². The van der Waals surface area contributed by atoms with Crippen molar-refractivity contribution in [2.45, 2.75) is 310 Å². The van der Waals surface area contributed by atoms with Gasteiger partial charge in [-0.05, 0) is 244 Å². The van der Waals surface area contributed by atoms with E-state index < -0.39 is 0 Å². The third kappa shape index (κ3) is 28.2. The summed E-state index contributed by atoms with van der Waals surface area (Å²) in [5.74, 6) is 0. The molecule has 13 rings (SSSR count). The SMILES string of the molecule is CCCCCCCCCCCCc1ccc(-c2c(-c3ccccc3)cc(-c3cc(Cl)ccc3-c3ccc(-c4ccc(Cl)cc4-c4cc(-c5ccccc5)c(-c5ccc(CCCCCCCCCCCC)cc5)c(-c5ccc(CCCCCCCCCCCC)cc5)c4-c4ccccc4)cc3)c(-c3ccccc3)c2-c2ccc(CCCCCCCCCCCC)cc2)cc1. The Labute approximate surface area is 784 Å². The van der Waals surface area contributed by atoms with Crippen LogP contribution >= 0.6 is 23.2 Å². The molecule has 666 valence electrons. The van der Waals surface area contributed by atoms with E-state index in [-0.39, 0.29) is 0 Å². The molecule has 0 atom stereocenters. The second-order valence-electron chi connectivity index (χ2n) is 37.1. The van der Waals surface area contributed by atoms with Crippen molar-refractivity contribution < 1.29 is 0 Å². The number of halogens is 2. The Bertz CT molecular complexity index is 5010. The van der Waals surface area contributed by atoms with Crippen LogP contribution in [0.25, 0.3) is 134 Å². The van der Waals surface area contributed by atoms with Crippen LogP contribution in [0.4, 0.5) is 0 Å². The predicted octanol–water partition coefficient (Wildman–Crippen LogP) is 40.9. The lowest BCUT2D eigenvalue weighted by Crippen LogP contribution is -2.00. The molecule has 0 amide bonds. The molecule has 0 saturated carbocycles. The monoisotopic (exact) mass is 1730 g/mol. The number of hydrogen-bond donors (Lipinski definition) is 0. The molecule has 0 N–H and O–H groups in total. The van der Waals surface area contributed by atoms with Gasteiger partial charge in [0, 0.05) is 10.0 Å². The molecule has 0 radical (unpaired) electrons. The van der Waals surface area contributed by atoms with Crippen LogP contribution in [-0.4, -0.2) is 0 Å². The van der Waals surface area contributed by atoms with Crippen molar-refractivity contribution in [3.05, 3.63) is 323 Å². The highest BCUT2D eigenvalue weighted by molar-refractivity contribution is 6.31. The maximum absolute atomic E-state index is 7.51. The molecule has 0 saturated heterocycles. The summed E-state index contributed by atoms with van der Waals surface area (Å²) < 4.78 is 0. The Morgan fingerprint density at radius 2 is 0.328 bits per heavy atom. The van der Waals surface area contributed by atoms with Crippen molar-refractivity contribution in [3.8, 4) is 134 Å². The summed E-state index contributed by atoms with van der Waals surface area (Å²) in [6.45, 7) is 9.24. The summed E-state index contributed by atoms with van der Waals surface area (Å²) >= 11 is 15.0. The van der Waals surface area contributed by atoms with Crippen LogP contribution in [-0.2, 0) is 25.7 Å². The molecule has 2 heteroatoms. The molecular weight excluding hydrogens is 1580 g/mol. The lowest BCUT2D eigenvalue weighted by Gasteiger charge is -2.26. The Morgan fingerprint density at radius 1 is 0.141 bits per heavy atom. The van der Waals surface area contributed by atoms with E-state index in [4.69, 9.17) is 23.2 Å². The molecule has 0 aliphatic rings. The van der Waals surface area contributed by atoms with Gasteiger partial charge in [-0.3, -0.25) is 0 Å². The van der Waals surface area contributed by atoms with Crippen molar-refractivity contribution in [2.75, 3.05) is 0 Å². The van der Waals surface area contributed by atoms with Gasteiger partial charge in [0.25, 0.3) is 0 Å². The summed E-state index contributed by atoms with van der Waals surface area (Å²) in [5, 5.41) is 1.38. The Morgan fingerprint density at radius 3 is 0.570 bits per heavy atom. The van der Waals surface area contributed by atoms with Gasteiger partial charge >= 0.3 is 0 Å². The lowest BCUT2D eigenvalue weighted by atomic mass is 9.77. The molecule has 13 aromatic carbocycles. The summed E-state index contributed by atoms with van der Waals surface area (Å²) in [6, 6.07) is 111. The maximum atomic E-state index is 7.51. The molecular formula is C126H148Cl2. The fraction of sp³-hybridized carbons (Fsp3) is 0.381. The summed E-state index contributed by atoms with van der Waals surface area (Å²) in [4.78, 5) is 0. The first-order valence-electron chi connectivity index (χ1n) is 51.0. The van der Waals surface area contributed by atoms with Crippen LogP contribution in [0.2, 0.25) is 10.0 Å². The van der Waals surface area contributed by atoms with E-state index in [1.807, 2.05) is 0 Å². The minimum atomic E-state index is 0.692. The normalized spacial score (nSPS) is 11.5. The Kier molecular flexibility index (Phi) is 40.2. The number of benzene rings is 13. The van der Waals surface area contributed by atoms with Crippen LogP contribution in [0.5, 0.6) is 0 Å². The van der Waals surface area contributed by atoms with E-state index in [2.05, 4.69) is 319 Å². The molecule has 0 nitrogen and oxygen atoms in total. The molecule has 0 aliphatic carbocycles. The number of hydrogen-bond acceptors (Lipinski definition) is 0. The zero-order valence-corrected chi connectivity index (χ0v) is 80.1. The highest BCUT2D eigenvalue weighted by Crippen LogP contribution is 2.55. The second-order valence-corrected chi connectivity index (χ2v) is 38.0. The van der Waals surface area contributed by atoms with Gasteiger partial charge in [0.15, 0.2) is 0 Å². The molecule has 0 fully saturated rings. The van der Waals surface area contributed by atoms with Crippen molar-refractivity contribution in [1.29, 1.82) is 0 Å². The van der Waals surface area contributed by atoms with Crippen LogP contribution < -0.4 is 0 Å². The van der Waals surface area contributed by atoms with Gasteiger partial charge in [0.05, 0.1) is 0 Å². The largest absolute Gasteiger partial charge is 0.0843 e. The van der Waals surface area contributed by atoms with Gasteiger partial charge in [-0.1, -0.05) is 537 Å². The standard InChI is InChI=1S/C126H148Cl2/c1-5-9-13-17-21-25-29-33-37-45-57-97-69-77-107(78-70-97)121-115(101-61-49-41-50-62-101)95-119(123(105-65-53-43-54-66-105)125(121)109-81-73-99(74-82-109)59-47-39-35-31-27-23-19-15-11-7-3)117-93-111(127)89-91-113(117)103-85-87-104(88-86-103)114-92-90-112(128)94-118(114)120-96-116(102-63-51-42-52-64-102)122(108-79-71-98(72-80-108)58-46-38-34-30-26-22-18-14-10-6-2)126(124(120)106-67-55-44-56-68-106)110-83-75-100(76-84-110)60-48-40-36-32-28-24-20-16-12-8-4/h41-44,49-56,61-96H,5-40,45-48,57-60H2,1-4H3. The Balaban J connectivity index is 0.907. The molecule has 0 bridgehead atoms. The quantitative estimate of drug-likeness (QED) is 0.0333. The van der Waals surface area contributed by atoms with Crippen LogP contribution in [0.3, 0.4) is 0 Å². The highest BCUT2D eigenvalue weighted by Gasteiger charge is 2.29. The van der Waals surface area contributed by atoms with Gasteiger partial charge in [-0.25, -0.2) is 0 Å². The van der Waals surface area contributed by atoms with Crippen molar-refractivity contribution >= 4 is 23.2 Å². The maximum Gasteiger partial charge on any atom is 0.0412 e. The van der Waals surface area contributed by atoms with Gasteiger partial charge in [0.2, 0.25) is 0 Å². The average Bonchev–Trinajstić information content (AvgIpc) is 0.734.